The van der Waals surface area contributed by atoms with E-state index in [0.717, 1.165) is 11.1 Å². The average Bonchev–Trinajstić information content (AvgIpc) is 3.65. The number of nitrogens with zero attached hydrogens (tertiary/aromatic N) is 2. The Labute approximate surface area is 250 Å². The van der Waals surface area contributed by atoms with E-state index < -0.39 is 0 Å². The predicted molar refractivity (Wildman–Crippen MR) is 165 cm³/mol. The van der Waals surface area contributed by atoms with Crippen LogP contribution in [-0.2, 0) is 19.1 Å². The molecule has 4 fully saturated rings. The lowest BCUT2D eigenvalue weighted by Crippen LogP contribution is -2.49. The number of rotatable bonds is 16. The second-order valence-electron chi connectivity index (χ2n) is 14.5. The number of allylic oxidation sites excluding steroid dienone is 2. The molecule has 0 radical (unpaired) electrons. The predicted octanol–water partition coefficient (Wildman–Crippen LogP) is 6.73. The van der Waals surface area contributed by atoms with E-state index in [9.17, 15) is 9.59 Å². The number of ether oxygens (including phenoxy) is 2. The van der Waals surface area contributed by atoms with Gasteiger partial charge in [-0.05, 0) is 53.4 Å². The normalized spacial score (nSPS) is 31.9. The van der Waals surface area contributed by atoms with E-state index in [0.29, 0.717) is 37.1 Å². The van der Waals surface area contributed by atoms with Crippen molar-refractivity contribution in [1.29, 1.82) is 0 Å². The zero-order valence-electron chi connectivity index (χ0n) is 26.8. The van der Waals surface area contributed by atoms with Crippen LogP contribution in [0.1, 0.15) is 111 Å². The third-order valence-electron chi connectivity index (χ3n) is 11.0. The molecule has 6 heteroatoms. The lowest BCUT2D eigenvalue weighted by Gasteiger charge is -2.36. The minimum atomic E-state index is -0.167. The van der Waals surface area contributed by atoms with Crippen LogP contribution in [0.4, 0.5) is 0 Å². The molecule has 4 saturated heterocycles. The summed E-state index contributed by atoms with van der Waals surface area (Å²) < 4.78 is 13.9. The summed E-state index contributed by atoms with van der Waals surface area (Å²) in [6.07, 6.45) is 20.5. The largest absolute Gasteiger partial charge is 0.462 e. The Morgan fingerprint density at radius 1 is 0.585 bits per heavy atom. The molecule has 0 aromatic heterocycles. The highest BCUT2D eigenvalue weighted by atomic mass is 16.5. The molecule has 2 unspecified atom stereocenters. The van der Waals surface area contributed by atoms with Crippen molar-refractivity contribution in [1.82, 2.24) is 0 Å². The quantitative estimate of drug-likeness (QED) is 0.0890. The Hall–Kier alpha value is -1.66. The summed E-state index contributed by atoms with van der Waals surface area (Å²) in [6, 6.07) is 1.43. The van der Waals surface area contributed by atoms with Crippen molar-refractivity contribution in [3.05, 3.63) is 23.3 Å². The summed E-state index contributed by atoms with van der Waals surface area (Å²) >= 11 is 0. The van der Waals surface area contributed by atoms with Gasteiger partial charge in [0.15, 0.2) is 0 Å². The summed E-state index contributed by atoms with van der Waals surface area (Å²) in [6.45, 7) is 16.9. The summed E-state index contributed by atoms with van der Waals surface area (Å²) in [7, 11) is 0. The minimum absolute atomic E-state index is 0.167. The second kappa shape index (κ2) is 15.2. The van der Waals surface area contributed by atoms with Crippen molar-refractivity contribution in [3.63, 3.8) is 0 Å². The van der Waals surface area contributed by atoms with Crippen LogP contribution in [0.15, 0.2) is 23.3 Å². The fraction of sp³-hybridized carbons (Fsp3) is 0.829. The van der Waals surface area contributed by atoms with Crippen molar-refractivity contribution in [3.8, 4) is 0 Å². The van der Waals surface area contributed by atoms with Crippen LogP contribution in [-0.4, -0.2) is 85.5 Å². The van der Waals surface area contributed by atoms with Gasteiger partial charge in [0.1, 0.15) is 13.2 Å². The first kappa shape index (κ1) is 32.3. The van der Waals surface area contributed by atoms with E-state index in [2.05, 4.69) is 0 Å². The number of unbranched alkanes of at least 4 members (excludes halogenated alkanes) is 6. The van der Waals surface area contributed by atoms with E-state index in [-0.39, 0.29) is 11.9 Å². The van der Waals surface area contributed by atoms with Crippen molar-refractivity contribution >= 4 is 11.9 Å². The van der Waals surface area contributed by atoms with Crippen LogP contribution >= 0.6 is 0 Å². The molecule has 0 aliphatic carbocycles. The van der Waals surface area contributed by atoms with E-state index >= 15 is 0 Å². The van der Waals surface area contributed by atoms with Gasteiger partial charge in [-0.2, -0.15) is 0 Å². The van der Waals surface area contributed by atoms with Gasteiger partial charge in [0.05, 0.1) is 63.2 Å². The summed E-state index contributed by atoms with van der Waals surface area (Å²) in [5.74, 6) is 0.772. The van der Waals surface area contributed by atoms with Crippen molar-refractivity contribution in [2.24, 2.45) is 11.8 Å². The Bertz CT molecular complexity index is 862. The van der Waals surface area contributed by atoms with Crippen LogP contribution in [0, 0.1) is 11.8 Å². The molecule has 6 atom stereocenters. The number of carbonyl (C=O) groups is 2. The minimum Gasteiger partial charge on any atom is -0.462 e. The van der Waals surface area contributed by atoms with Crippen LogP contribution in [0.2, 0.25) is 0 Å². The topological polar surface area (TPSA) is 52.6 Å². The molecule has 0 aromatic carbocycles. The summed E-state index contributed by atoms with van der Waals surface area (Å²) in [5, 5.41) is 0. The first-order valence-electron chi connectivity index (χ1n) is 17.1. The van der Waals surface area contributed by atoms with E-state index in [1.54, 1.807) is 12.2 Å². The van der Waals surface area contributed by atoms with Gasteiger partial charge in [0, 0.05) is 50.7 Å². The third kappa shape index (κ3) is 8.69. The molecule has 0 aromatic rings. The van der Waals surface area contributed by atoms with Crippen molar-refractivity contribution in [2.45, 2.75) is 123 Å². The molecule has 0 bridgehead atoms. The maximum atomic E-state index is 12.0. The highest BCUT2D eigenvalue weighted by molar-refractivity contribution is 5.82. The lowest BCUT2D eigenvalue weighted by atomic mass is 9.99. The van der Waals surface area contributed by atoms with Gasteiger partial charge in [0.2, 0.25) is 0 Å². The SMILES string of the molecule is CC(C)=CC(=O)OC[C@@H]1CC[N+]2(CCCCCCCCC[N+]34CCC[C@@H]3[C@H](COC(=O)C=C(C)C)CC4)CCC[C@H]12. The Morgan fingerprint density at radius 2 is 0.976 bits per heavy atom. The molecular formula is C35H60N2O4+2. The Morgan fingerprint density at radius 3 is 1.37 bits per heavy atom. The highest BCUT2D eigenvalue weighted by Crippen LogP contribution is 2.42. The van der Waals surface area contributed by atoms with Crippen molar-refractivity contribution < 1.29 is 28.0 Å². The number of hydrogen-bond donors (Lipinski definition) is 0. The lowest BCUT2D eigenvalue weighted by molar-refractivity contribution is -0.929. The van der Waals surface area contributed by atoms with Gasteiger partial charge in [0.25, 0.3) is 0 Å². The molecule has 232 valence electrons. The fourth-order valence-electron chi connectivity index (χ4n) is 9.10. The molecule has 0 saturated carbocycles. The molecule has 0 spiro atoms. The highest BCUT2D eigenvalue weighted by Gasteiger charge is 2.52. The zero-order valence-corrected chi connectivity index (χ0v) is 26.8. The first-order valence-corrected chi connectivity index (χ1v) is 17.1. The van der Waals surface area contributed by atoms with Gasteiger partial charge < -0.3 is 18.4 Å². The number of fused-ring (bicyclic) bond motifs is 2. The van der Waals surface area contributed by atoms with Crippen molar-refractivity contribution in [2.75, 3.05) is 52.5 Å². The third-order valence-corrected chi connectivity index (χ3v) is 11.0. The van der Waals surface area contributed by atoms with Crippen LogP contribution < -0.4 is 0 Å². The number of hydrogen-bond acceptors (Lipinski definition) is 4. The zero-order chi connectivity index (χ0) is 29.3. The molecule has 0 N–H and O–H groups in total. The number of esters is 2. The number of carbonyl (C=O) groups excluding carboxylic acids is 2. The van der Waals surface area contributed by atoms with Gasteiger partial charge in [-0.1, -0.05) is 30.4 Å². The Kier molecular flexibility index (Phi) is 11.9. The summed E-state index contributed by atoms with van der Waals surface area (Å²) in [5.41, 5.74) is 2.01. The molecule has 4 heterocycles. The molecule has 4 rings (SSSR count). The van der Waals surface area contributed by atoms with Crippen LogP contribution in [0.5, 0.6) is 0 Å². The van der Waals surface area contributed by atoms with Gasteiger partial charge in [-0.3, -0.25) is 0 Å². The smallest absolute Gasteiger partial charge is 0.330 e. The first-order chi connectivity index (χ1) is 19.7. The molecule has 4 aliphatic rings. The van der Waals surface area contributed by atoms with E-state index in [1.165, 1.54) is 132 Å². The van der Waals surface area contributed by atoms with Gasteiger partial charge >= 0.3 is 11.9 Å². The van der Waals surface area contributed by atoms with Gasteiger partial charge in [-0.15, -0.1) is 0 Å². The average molecular weight is 573 g/mol. The maximum absolute atomic E-state index is 12.0. The molecule has 6 nitrogen and oxygen atoms in total. The molecule has 0 amide bonds. The second-order valence-corrected chi connectivity index (χ2v) is 14.5. The standard InChI is InChI=1S/C35H60N2O4/c1-28(2)24-34(38)40-26-30-16-22-36(20-12-14-32(30)36)18-10-8-6-5-7-9-11-19-37-21-13-15-33(37)31(17-23-37)27-41-35(39)25-29(3)4/h24-25,30-33H,5-23,26-27H2,1-4H3/q+2/t30-,31-,32+,33+,36?,37?/m0/s1. The fourth-order valence-corrected chi connectivity index (χ4v) is 9.10. The number of quaternary nitrogens is 2. The van der Waals surface area contributed by atoms with E-state index in [1.807, 2.05) is 27.7 Å². The summed E-state index contributed by atoms with van der Waals surface area (Å²) in [4.78, 5) is 24.0. The van der Waals surface area contributed by atoms with Crippen LogP contribution in [0.25, 0.3) is 0 Å². The van der Waals surface area contributed by atoms with E-state index in [4.69, 9.17) is 9.47 Å². The monoisotopic (exact) mass is 572 g/mol. The molecule has 4 aliphatic heterocycles. The maximum Gasteiger partial charge on any atom is 0.330 e. The van der Waals surface area contributed by atoms with Crippen LogP contribution in [0.3, 0.4) is 0 Å². The Balaban J connectivity index is 1.07. The molecular weight excluding hydrogens is 512 g/mol. The molecule has 41 heavy (non-hydrogen) atoms. The van der Waals surface area contributed by atoms with Gasteiger partial charge in [-0.25, -0.2) is 9.59 Å².